The van der Waals surface area contributed by atoms with Gasteiger partial charge in [-0.15, -0.1) is 0 Å². The molecule has 0 radical (unpaired) electrons. The van der Waals surface area contributed by atoms with E-state index < -0.39 is 119 Å². The Morgan fingerprint density at radius 2 is 0.488 bits per heavy atom. The predicted octanol–water partition coefficient (Wildman–Crippen LogP) is 6.65. The fourth-order valence-electron chi connectivity index (χ4n) is 11.6. The van der Waals surface area contributed by atoms with E-state index in [0.717, 1.165) is 0 Å². The molecule has 0 saturated carbocycles. The maximum atomic E-state index is 13.8. The summed E-state index contributed by atoms with van der Waals surface area (Å²) in [7, 11) is -19.5. The maximum absolute atomic E-state index is 13.8. The smallest absolute Gasteiger partial charge is 0.397 e. The average Bonchev–Trinajstić information content (AvgIpc) is 0.899. The van der Waals surface area contributed by atoms with Crippen molar-refractivity contribution in [2.45, 2.75) is 101 Å². The summed E-state index contributed by atoms with van der Waals surface area (Å²) >= 11 is 0. The van der Waals surface area contributed by atoms with Crippen LogP contribution in [0, 0.1) is 0 Å². The van der Waals surface area contributed by atoms with Gasteiger partial charge in [0.25, 0.3) is 0 Å². The highest BCUT2D eigenvalue weighted by molar-refractivity contribution is 7.81. The van der Waals surface area contributed by atoms with E-state index >= 15 is 0 Å². The summed E-state index contributed by atoms with van der Waals surface area (Å²) in [5.41, 5.74) is 1.61. The van der Waals surface area contributed by atoms with Gasteiger partial charge in [0.2, 0.25) is 27.2 Å². The Morgan fingerprint density at radius 3 is 0.631 bits per heavy atom. The molecule has 4 aromatic rings. The highest BCUT2D eigenvalue weighted by Crippen LogP contribution is 2.58. The van der Waals surface area contributed by atoms with Gasteiger partial charge in [-0.2, -0.15) is 33.7 Å². The Balaban J connectivity index is 1.41. The largest absolute Gasteiger partial charge is 0.456 e. The van der Waals surface area contributed by atoms with Gasteiger partial charge in [0.05, 0.1) is 48.7 Å². The minimum absolute atomic E-state index is 0.00181. The van der Waals surface area contributed by atoms with Crippen LogP contribution in [0.4, 0.5) is 0 Å². The van der Waals surface area contributed by atoms with Crippen LogP contribution in [0.5, 0.6) is 46.0 Å². The third-order valence-electron chi connectivity index (χ3n) is 14.9. The lowest BCUT2D eigenvalue weighted by Gasteiger charge is -2.36. The molecule has 1 aliphatic carbocycles. The summed E-state index contributed by atoms with van der Waals surface area (Å²) in [6, 6.07) is 6.79. The fourth-order valence-corrected chi connectivity index (χ4v) is 12.9. The fraction of sp³-hybridized carbons (Fsp3) is 0.462. The van der Waals surface area contributed by atoms with Crippen LogP contribution in [0.1, 0.15) is 187 Å². The number of carbonyl (C=O) groups is 4. The summed E-state index contributed by atoms with van der Waals surface area (Å²) in [5.74, 6) is -4.54. The van der Waals surface area contributed by atoms with E-state index in [9.17, 15) is 71.1 Å². The number of benzene rings is 4. The van der Waals surface area contributed by atoms with Gasteiger partial charge in [0.1, 0.15) is 46.0 Å². The summed E-state index contributed by atoms with van der Waals surface area (Å²) < 4.78 is 201. The van der Waals surface area contributed by atoms with Crippen LogP contribution in [0.25, 0.3) is 0 Å². The van der Waals surface area contributed by atoms with E-state index in [1.165, 1.54) is 0 Å². The molecule has 0 spiro atoms. The normalized spacial score (nSPS) is 18.4. The van der Waals surface area contributed by atoms with Gasteiger partial charge in [-0.1, -0.05) is 25.7 Å². The third kappa shape index (κ3) is 13.9. The van der Waals surface area contributed by atoms with Gasteiger partial charge < -0.3 is 37.9 Å². The molecule has 0 atom stereocenters. The monoisotopic (exact) mass is 1260 g/mol. The van der Waals surface area contributed by atoms with Crippen LogP contribution in [-0.2, 0) is 58.3 Å². The summed E-state index contributed by atoms with van der Waals surface area (Å²) in [6.45, 7) is -4.49. The number of aldehydes is 4. The van der Waals surface area contributed by atoms with Crippen molar-refractivity contribution in [2.75, 3.05) is 53.6 Å². The quantitative estimate of drug-likeness (QED) is 0.0262. The number of unbranched alkanes of at least 4 members (excludes halogenated alkanes) is 4. The molecular formula is C52H56O28S4. The van der Waals surface area contributed by atoms with Crippen LogP contribution in [0.3, 0.4) is 0 Å². The van der Waals surface area contributed by atoms with E-state index in [2.05, 4.69) is 16.7 Å². The highest BCUT2D eigenvalue weighted by atomic mass is 32.3. The van der Waals surface area contributed by atoms with E-state index in [1.54, 1.807) is 24.3 Å². The minimum atomic E-state index is -4.87. The van der Waals surface area contributed by atoms with Crippen molar-refractivity contribution in [1.29, 1.82) is 0 Å². The molecule has 8 bridgehead atoms. The molecule has 0 aromatic heterocycles. The Bertz CT molecular complexity index is 3080. The van der Waals surface area contributed by atoms with Crippen LogP contribution < -0.4 is 37.9 Å². The first-order chi connectivity index (χ1) is 40.0. The van der Waals surface area contributed by atoms with Crippen LogP contribution in [-0.4, -0.2) is 131 Å². The van der Waals surface area contributed by atoms with Crippen LogP contribution in [0.2, 0.25) is 0 Å². The molecule has 0 amide bonds. The predicted molar refractivity (Wildman–Crippen MR) is 285 cm³/mol. The SMILES string of the molecule is O=Cc1c2c3cc4c1OCOc1c(cc5c(c1C=O)OCOc1c(cc6c(c1C=O)OCOc1c(cc(c(c1C=O)OCO2)C3CCCCOS(=O)(=O)O)C6CCCCOS(=O)(=O)O)C5CCCCOS(=O)(=O)O)C4CCCCOS(=O)(=O)O. The molecule has 5 aliphatic rings. The van der Waals surface area contributed by atoms with Crippen molar-refractivity contribution in [1.82, 2.24) is 0 Å². The van der Waals surface area contributed by atoms with Gasteiger partial charge in [-0.25, -0.2) is 16.7 Å². The van der Waals surface area contributed by atoms with Crippen molar-refractivity contribution in [3.05, 3.63) is 91.0 Å². The first kappa shape index (κ1) is 62.0. The van der Waals surface area contributed by atoms with Crippen molar-refractivity contribution >= 4 is 66.7 Å². The number of rotatable bonds is 28. The molecule has 4 N–H and O–H groups in total. The Labute approximate surface area is 481 Å². The Morgan fingerprint density at radius 1 is 0.321 bits per heavy atom. The summed E-state index contributed by atoms with van der Waals surface area (Å²) in [5, 5.41) is 0. The zero-order chi connectivity index (χ0) is 60.1. The number of hydrogen-bond acceptors (Lipinski definition) is 24. The lowest BCUT2D eigenvalue weighted by molar-refractivity contribution is 0.0912. The molecule has 0 saturated heterocycles. The number of ether oxygens (including phenoxy) is 8. The second kappa shape index (κ2) is 26.0. The molecule has 9 rings (SSSR count). The van der Waals surface area contributed by atoms with E-state index in [0.29, 0.717) is 25.1 Å². The molecule has 0 fully saturated rings. The first-order valence-corrected chi connectivity index (χ1v) is 31.6. The zero-order valence-corrected chi connectivity index (χ0v) is 47.6. The zero-order valence-electron chi connectivity index (χ0n) is 44.3. The van der Waals surface area contributed by atoms with Crippen LogP contribution in [0.15, 0.2) is 24.3 Å². The lowest BCUT2D eigenvalue weighted by Crippen LogP contribution is -2.25. The van der Waals surface area contributed by atoms with E-state index in [1.807, 2.05) is 0 Å². The van der Waals surface area contributed by atoms with Gasteiger partial charge in [0, 0.05) is 68.2 Å². The maximum Gasteiger partial charge on any atom is 0.397 e. The highest BCUT2D eigenvalue weighted by Gasteiger charge is 2.42. The lowest BCUT2D eigenvalue weighted by atomic mass is 9.74. The molecular weight excluding hydrogens is 1200 g/mol. The summed E-state index contributed by atoms with van der Waals surface area (Å²) in [6.07, 6.45) is 2.51. The molecule has 32 heteroatoms. The molecule has 0 unspecified atom stereocenters. The minimum Gasteiger partial charge on any atom is -0.456 e. The standard InChI is InChI=1S/C52H56O28S4/c53-21-41-45-33-17-35-30(10-2-6-14-78-82(60,61)62)37-19-39-32(12-4-8-16-80-84(66,67)68)40-20-38-31(11-3-7-15-79-83(63,64)65)36-18-34(29(33)9-1-5-13-77-81(57,58)59)46(70-25-69-45)42(22-54)48(36)72-27-74-50(38)44(24-56)52(40)76-28-75-51(39)43(23-55)49(37)73-26-71-47(35)41/h17-24,29-32H,1-16,25-28H2,(H,57,58,59)(H,60,61,62)(H,63,64,65)(H,66,67,68). The molecule has 4 aliphatic heterocycles. The molecule has 28 nitrogen and oxygen atoms in total. The average molecular weight is 1260 g/mol. The number of hydrogen-bond donors (Lipinski definition) is 4. The van der Waals surface area contributed by atoms with Gasteiger partial charge in [-0.05, 0) is 75.6 Å². The molecule has 84 heavy (non-hydrogen) atoms. The summed E-state index contributed by atoms with van der Waals surface area (Å²) in [4.78, 5) is 55.4. The molecule has 456 valence electrons. The first-order valence-electron chi connectivity index (χ1n) is 26.2. The van der Waals surface area contributed by atoms with E-state index in [-0.39, 0.29) is 190 Å². The Hall–Kier alpha value is -6.56. The van der Waals surface area contributed by atoms with Crippen LogP contribution >= 0.6 is 0 Å². The number of carbonyl (C=O) groups excluding carboxylic acids is 4. The van der Waals surface area contributed by atoms with E-state index in [4.69, 9.17) is 37.9 Å². The van der Waals surface area contributed by atoms with Crippen molar-refractivity contribution < 1.29 is 126 Å². The Kier molecular flexibility index (Phi) is 19.2. The van der Waals surface area contributed by atoms with Crippen molar-refractivity contribution in [3.8, 4) is 46.0 Å². The second-order valence-electron chi connectivity index (χ2n) is 19.8. The van der Waals surface area contributed by atoms with Gasteiger partial charge >= 0.3 is 41.6 Å². The third-order valence-corrected chi connectivity index (χ3v) is 16.7. The molecule has 4 heterocycles. The topological polar surface area (TPSA) is 397 Å². The van der Waals surface area contributed by atoms with Crippen molar-refractivity contribution in [3.63, 3.8) is 0 Å². The molecule has 4 aromatic carbocycles. The van der Waals surface area contributed by atoms with Crippen molar-refractivity contribution in [2.24, 2.45) is 0 Å². The van der Waals surface area contributed by atoms with Gasteiger partial charge in [-0.3, -0.25) is 37.4 Å². The van der Waals surface area contributed by atoms with Gasteiger partial charge in [0.15, 0.2) is 25.1 Å². The second-order valence-corrected chi connectivity index (χ2v) is 24.2.